The largest absolute Gasteiger partial charge is 0.465 e. The van der Waals surface area contributed by atoms with Crippen LogP contribution in [0.3, 0.4) is 0 Å². The van der Waals surface area contributed by atoms with E-state index in [-0.39, 0.29) is 12.1 Å². The predicted molar refractivity (Wildman–Crippen MR) is 70.5 cm³/mol. The Morgan fingerprint density at radius 1 is 1.40 bits per heavy atom. The van der Waals surface area contributed by atoms with Crippen LogP contribution in [0.25, 0.3) is 10.9 Å². The molecule has 0 atom stereocenters. The summed E-state index contributed by atoms with van der Waals surface area (Å²) in [4.78, 5) is 10.5. The summed E-state index contributed by atoms with van der Waals surface area (Å²) >= 11 is 3.05. The summed E-state index contributed by atoms with van der Waals surface area (Å²) in [5.74, 6) is 0. The number of aryl methyl sites for hydroxylation is 1. The molecule has 0 spiro atoms. The minimum Gasteiger partial charge on any atom is -0.465 e. The molecule has 0 aliphatic heterocycles. The van der Waals surface area contributed by atoms with Crippen molar-refractivity contribution in [2.45, 2.75) is 12.7 Å². The van der Waals surface area contributed by atoms with E-state index in [2.05, 4.69) is 21.2 Å². The Bertz CT molecular complexity index is 679. The van der Waals surface area contributed by atoms with Gasteiger partial charge >= 0.3 is 12.3 Å². The molecule has 1 heterocycles. The van der Waals surface area contributed by atoms with E-state index in [1.165, 1.54) is 17.7 Å². The molecule has 0 bridgehead atoms. The zero-order valence-corrected chi connectivity index (χ0v) is 11.8. The third-order valence-electron chi connectivity index (χ3n) is 2.92. The van der Waals surface area contributed by atoms with E-state index < -0.39 is 17.8 Å². The van der Waals surface area contributed by atoms with Crippen LogP contribution >= 0.6 is 15.9 Å². The number of aromatic nitrogens is 1. The molecule has 20 heavy (non-hydrogen) atoms. The number of rotatable bonds is 2. The minimum absolute atomic E-state index is 0.0305. The van der Waals surface area contributed by atoms with Gasteiger partial charge in [-0.15, -0.1) is 0 Å². The Balaban J connectivity index is 2.62. The number of hydrogen-bond acceptors (Lipinski definition) is 1. The van der Waals surface area contributed by atoms with E-state index in [4.69, 9.17) is 5.11 Å². The topological polar surface area (TPSA) is 54.3 Å². The number of carboxylic acid groups (broad SMARTS) is 1. The molecule has 4 nitrogen and oxygen atoms in total. The zero-order valence-electron chi connectivity index (χ0n) is 10.3. The minimum atomic E-state index is -4.48. The lowest BCUT2D eigenvalue weighted by Gasteiger charge is -2.12. The highest BCUT2D eigenvalue weighted by molar-refractivity contribution is 9.10. The molecule has 0 saturated heterocycles. The number of benzene rings is 1. The van der Waals surface area contributed by atoms with Gasteiger partial charge in [-0.1, -0.05) is 15.9 Å². The number of halogens is 4. The van der Waals surface area contributed by atoms with E-state index in [1.54, 1.807) is 6.07 Å². The van der Waals surface area contributed by atoms with Gasteiger partial charge in [0.15, 0.2) is 0 Å². The molecule has 2 aromatic rings. The van der Waals surface area contributed by atoms with Crippen LogP contribution < -0.4 is 5.32 Å². The third kappa shape index (κ3) is 2.74. The Kier molecular flexibility index (Phi) is 3.68. The first kappa shape index (κ1) is 14.7. The first-order chi connectivity index (χ1) is 9.20. The number of fused-ring (bicyclic) bond motifs is 1. The van der Waals surface area contributed by atoms with Gasteiger partial charge in [0.05, 0.1) is 17.6 Å². The highest BCUT2D eigenvalue weighted by Crippen LogP contribution is 2.37. The Morgan fingerprint density at radius 3 is 2.60 bits per heavy atom. The van der Waals surface area contributed by atoms with Gasteiger partial charge in [0, 0.05) is 22.6 Å². The second-order valence-corrected chi connectivity index (χ2v) is 5.16. The summed E-state index contributed by atoms with van der Waals surface area (Å²) in [6, 6.07) is 4.11. The lowest BCUT2D eigenvalue weighted by atomic mass is 10.1. The normalized spacial score (nSPS) is 11.8. The average molecular weight is 351 g/mol. The molecule has 1 amide bonds. The van der Waals surface area contributed by atoms with E-state index in [1.807, 2.05) is 0 Å². The molecule has 0 fully saturated rings. The van der Waals surface area contributed by atoms with Crippen LogP contribution in [0.2, 0.25) is 0 Å². The Morgan fingerprint density at radius 2 is 2.05 bits per heavy atom. The molecule has 1 aromatic heterocycles. The maximum absolute atomic E-state index is 13.1. The van der Waals surface area contributed by atoms with E-state index in [0.717, 1.165) is 6.07 Å². The highest BCUT2D eigenvalue weighted by atomic mass is 79.9. The fourth-order valence-electron chi connectivity index (χ4n) is 2.08. The molecule has 0 unspecified atom stereocenters. The predicted octanol–water partition coefficient (Wildman–Crippen LogP) is 3.73. The molecule has 0 saturated carbocycles. The monoisotopic (exact) mass is 350 g/mol. The molecule has 1 aromatic carbocycles. The summed E-state index contributed by atoms with van der Waals surface area (Å²) in [6.45, 7) is -0.0601. The number of hydrogen-bond donors (Lipinski definition) is 2. The second kappa shape index (κ2) is 5.01. The molecule has 108 valence electrons. The van der Waals surface area contributed by atoms with Crippen LogP contribution in [0.5, 0.6) is 0 Å². The van der Waals surface area contributed by atoms with Crippen LogP contribution in [0.4, 0.5) is 18.0 Å². The van der Waals surface area contributed by atoms with E-state index in [0.29, 0.717) is 15.6 Å². The van der Waals surface area contributed by atoms with Crippen LogP contribution in [0, 0.1) is 0 Å². The number of nitrogens with one attached hydrogen (secondary N) is 1. The fraction of sp³-hybridized carbons (Fsp3) is 0.250. The van der Waals surface area contributed by atoms with Crippen molar-refractivity contribution >= 4 is 32.9 Å². The molecular weight excluding hydrogens is 341 g/mol. The molecular formula is C12H10BrF3N2O2. The van der Waals surface area contributed by atoms with Gasteiger partial charge in [0.1, 0.15) is 0 Å². The van der Waals surface area contributed by atoms with E-state index >= 15 is 0 Å². The number of alkyl halides is 3. The SMILES string of the molecule is Cn1c(CNC(=O)O)cc2cc(Br)cc(C(F)(F)F)c21. The van der Waals surface area contributed by atoms with Crippen LogP contribution in [-0.4, -0.2) is 15.8 Å². The standard InChI is InChI=1S/C12H10BrF3N2O2/c1-18-8(5-17-11(19)20)3-6-2-7(13)4-9(10(6)18)12(14,15)16/h2-4,17H,5H2,1H3,(H,19,20). The van der Waals surface area contributed by atoms with Crippen LogP contribution in [0.1, 0.15) is 11.3 Å². The summed E-state index contributed by atoms with van der Waals surface area (Å²) in [7, 11) is 1.48. The molecule has 0 radical (unpaired) electrons. The molecule has 0 aliphatic rings. The molecule has 0 aliphatic carbocycles. The van der Waals surface area contributed by atoms with Gasteiger partial charge in [-0.2, -0.15) is 13.2 Å². The maximum atomic E-state index is 13.1. The van der Waals surface area contributed by atoms with Crippen molar-refractivity contribution in [3.8, 4) is 0 Å². The summed E-state index contributed by atoms with van der Waals surface area (Å²) < 4.78 is 40.8. The Labute approximate surface area is 120 Å². The van der Waals surface area contributed by atoms with Crippen molar-refractivity contribution in [1.29, 1.82) is 0 Å². The quantitative estimate of drug-likeness (QED) is 0.866. The lowest BCUT2D eigenvalue weighted by Crippen LogP contribution is -2.21. The summed E-state index contributed by atoms with van der Waals surface area (Å²) in [6.07, 6.45) is -5.71. The summed E-state index contributed by atoms with van der Waals surface area (Å²) in [5, 5.41) is 11.1. The van der Waals surface area contributed by atoms with Gasteiger partial charge in [-0.25, -0.2) is 4.79 Å². The molecule has 2 N–H and O–H groups in total. The van der Waals surface area contributed by atoms with Crippen molar-refractivity contribution in [1.82, 2.24) is 9.88 Å². The average Bonchev–Trinajstić information content (AvgIpc) is 2.61. The fourth-order valence-corrected chi connectivity index (χ4v) is 2.55. The molecule has 8 heteroatoms. The molecule has 2 rings (SSSR count). The van der Waals surface area contributed by atoms with Crippen LogP contribution in [-0.2, 0) is 19.8 Å². The first-order valence-corrected chi connectivity index (χ1v) is 6.31. The van der Waals surface area contributed by atoms with Crippen molar-refractivity contribution in [2.75, 3.05) is 0 Å². The number of carbonyl (C=O) groups is 1. The lowest BCUT2D eigenvalue weighted by molar-refractivity contribution is -0.136. The second-order valence-electron chi connectivity index (χ2n) is 4.24. The Hall–Kier alpha value is -1.70. The van der Waals surface area contributed by atoms with Crippen LogP contribution in [0.15, 0.2) is 22.7 Å². The van der Waals surface area contributed by atoms with Crippen molar-refractivity contribution in [3.63, 3.8) is 0 Å². The zero-order chi connectivity index (χ0) is 15.1. The third-order valence-corrected chi connectivity index (χ3v) is 3.38. The van der Waals surface area contributed by atoms with Gasteiger partial charge < -0.3 is 15.0 Å². The van der Waals surface area contributed by atoms with Crippen molar-refractivity contribution in [2.24, 2.45) is 7.05 Å². The smallest absolute Gasteiger partial charge is 0.418 e. The van der Waals surface area contributed by atoms with E-state index in [9.17, 15) is 18.0 Å². The maximum Gasteiger partial charge on any atom is 0.418 e. The van der Waals surface area contributed by atoms with Crippen molar-refractivity contribution in [3.05, 3.63) is 33.9 Å². The van der Waals surface area contributed by atoms with Gasteiger partial charge in [-0.3, -0.25) is 0 Å². The van der Waals surface area contributed by atoms with Gasteiger partial charge in [0.25, 0.3) is 0 Å². The van der Waals surface area contributed by atoms with Crippen molar-refractivity contribution < 1.29 is 23.1 Å². The number of amides is 1. The van der Waals surface area contributed by atoms with Gasteiger partial charge in [-0.05, 0) is 18.2 Å². The number of nitrogens with zero attached hydrogens (tertiary/aromatic N) is 1. The highest BCUT2D eigenvalue weighted by Gasteiger charge is 2.34. The summed E-state index contributed by atoms with van der Waals surface area (Å²) in [5.41, 5.74) is -0.278. The first-order valence-electron chi connectivity index (χ1n) is 5.52. The van der Waals surface area contributed by atoms with Gasteiger partial charge in [0.2, 0.25) is 0 Å².